The first-order valence-corrected chi connectivity index (χ1v) is 5.98. The van der Waals surface area contributed by atoms with E-state index in [1.54, 1.807) is 18.2 Å². The molecule has 0 aliphatic rings. The minimum absolute atomic E-state index is 0.409. The van der Waals surface area contributed by atoms with Gasteiger partial charge in [0.25, 0.3) is 0 Å². The smallest absolute Gasteiger partial charge is 0.351 e. The van der Waals surface area contributed by atoms with Crippen LogP contribution in [0.25, 0.3) is 0 Å². The van der Waals surface area contributed by atoms with Gasteiger partial charge in [0.15, 0.2) is 0 Å². The number of methoxy groups -OCH3 is 1. The SMILES string of the molecule is COC(=O)C(Oc1cncc(Cl)c1)c1ccccc1. The number of carbonyl (C=O) groups excluding carboxylic acids is 1. The predicted octanol–water partition coefficient (Wildman–Crippen LogP) is 3.03. The van der Waals surface area contributed by atoms with Crippen molar-refractivity contribution in [2.45, 2.75) is 6.10 Å². The Morgan fingerprint density at radius 3 is 2.63 bits per heavy atom. The Labute approximate surface area is 115 Å². The summed E-state index contributed by atoms with van der Waals surface area (Å²) in [5.41, 5.74) is 0.703. The summed E-state index contributed by atoms with van der Waals surface area (Å²) in [6, 6.07) is 10.7. The van der Waals surface area contributed by atoms with Crippen LogP contribution in [0.15, 0.2) is 48.8 Å². The average molecular weight is 278 g/mol. The van der Waals surface area contributed by atoms with E-state index < -0.39 is 12.1 Å². The van der Waals surface area contributed by atoms with Gasteiger partial charge in [-0.3, -0.25) is 4.98 Å². The topological polar surface area (TPSA) is 48.4 Å². The molecule has 0 spiro atoms. The maximum absolute atomic E-state index is 11.8. The van der Waals surface area contributed by atoms with Crippen LogP contribution < -0.4 is 4.74 Å². The van der Waals surface area contributed by atoms with Crippen LogP contribution in [0.1, 0.15) is 11.7 Å². The molecule has 0 aliphatic carbocycles. The zero-order valence-corrected chi connectivity index (χ0v) is 11.0. The zero-order chi connectivity index (χ0) is 13.7. The Balaban J connectivity index is 2.27. The van der Waals surface area contributed by atoms with E-state index in [0.29, 0.717) is 16.3 Å². The minimum atomic E-state index is -0.841. The molecule has 98 valence electrons. The monoisotopic (exact) mass is 277 g/mol. The van der Waals surface area contributed by atoms with Crippen LogP contribution >= 0.6 is 11.6 Å². The lowest BCUT2D eigenvalue weighted by Crippen LogP contribution is -2.20. The van der Waals surface area contributed by atoms with Crippen LogP contribution in [0.5, 0.6) is 5.75 Å². The molecular weight excluding hydrogens is 266 g/mol. The number of ether oxygens (including phenoxy) is 2. The van der Waals surface area contributed by atoms with E-state index in [0.717, 1.165) is 0 Å². The normalized spacial score (nSPS) is 11.7. The Hall–Kier alpha value is -2.07. The molecule has 1 aromatic carbocycles. The van der Waals surface area contributed by atoms with Gasteiger partial charge in [0.1, 0.15) is 5.75 Å². The summed E-state index contributed by atoms with van der Waals surface area (Å²) in [7, 11) is 1.32. The summed E-state index contributed by atoms with van der Waals surface area (Å²) in [6.45, 7) is 0. The Kier molecular flexibility index (Phi) is 4.36. The first kappa shape index (κ1) is 13.4. The van der Waals surface area contributed by atoms with Gasteiger partial charge in [0.05, 0.1) is 18.3 Å². The number of rotatable bonds is 4. The lowest BCUT2D eigenvalue weighted by Gasteiger charge is -2.17. The van der Waals surface area contributed by atoms with Gasteiger partial charge in [0, 0.05) is 17.8 Å². The summed E-state index contributed by atoms with van der Waals surface area (Å²) in [4.78, 5) is 15.7. The fraction of sp³-hybridized carbons (Fsp3) is 0.143. The first-order chi connectivity index (χ1) is 9.20. The molecule has 0 bridgehead atoms. The molecule has 1 atom stereocenters. The third-order valence-corrected chi connectivity index (χ3v) is 2.66. The van der Waals surface area contributed by atoms with Crippen molar-refractivity contribution in [3.8, 4) is 5.75 Å². The number of esters is 1. The van der Waals surface area contributed by atoms with Gasteiger partial charge in [-0.15, -0.1) is 0 Å². The van der Waals surface area contributed by atoms with Crippen molar-refractivity contribution >= 4 is 17.6 Å². The number of hydrogen-bond acceptors (Lipinski definition) is 4. The molecule has 0 saturated carbocycles. The third kappa shape index (κ3) is 3.45. The lowest BCUT2D eigenvalue weighted by molar-refractivity contribution is -0.149. The van der Waals surface area contributed by atoms with E-state index in [-0.39, 0.29) is 0 Å². The van der Waals surface area contributed by atoms with Crippen molar-refractivity contribution in [2.75, 3.05) is 7.11 Å². The summed E-state index contributed by atoms with van der Waals surface area (Å²) in [6.07, 6.45) is 2.14. The van der Waals surface area contributed by atoms with Crippen molar-refractivity contribution in [1.82, 2.24) is 4.98 Å². The summed E-state index contributed by atoms with van der Waals surface area (Å²) >= 11 is 5.83. The van der Waals surface area contributed by atoms with Crippen molar-refractivity contribution in [3.63, 3.8) is 0 Å². The highest BCUT2D eigenvalue weighted by Gasteiger charge is 2.23. The Morgan fingerprint density at radius 2 is 2.00 bits per heavy atom. The maximum Gasteiger partial charge on any atom is 0.351 e. The van der Waals surface area contributed by atoms with Crippen molar-refractivity contribution < 1.29 is 14.3 Å². The molecule has 0 fully saturated rings. The number of benzene rings is 1. The largest absolute Gasteiger partial charge is 0.472 e. The standard InChI is InChI=1S/C14H12ClNO3/c1-18-14(17)13(10-5-3-2-4-6-10)19-12-7-11(15)8-16-9-12/h2-9,13H,1H3. The number of nitrogens with zero attached hydrogens (tertiary/aromatic N) is 1. The minimum Gasteiger partial charge on any atom is -0.472 e. The van der Waals surface area contributed by atoms with Crippen LogP contribution in [0, 0.1) is 0 Å². The molecule has 0 aliphatic heterocycles. The number of halogens is 1. The second-order valence-electron chi connectivity index (χ2n) is 3.77. The van der Waals surface area contributed by atoms with Gasteiger partial charge < -0.3 is 9.47 Å². The molecule has 4 nitrogen and oxygen atoms in total. The Bertz CT molecular complexity index is 560. The van der Waals surface area contributed by atoms with Crippen molar-refractivity contribution in [2.24, 2.45) is 0 Å². The molecule has 0 amide bonds. The van der Waals surface area contributed by atoms with Crippen LogP contribution in [0.4, 0.5) is 0 Å². The van der Waals surface area contributed by atoms with E-state index in [9.17, 15) is 4.79 Å². The second kappa shape index (κ2) is 6.20. The highest BCUT2D eigenvalue weighted by Crippen LogP contribution is 2.24. The Morgan fingerprint density at radius 1 is 1.26 bits per heavy atom. The molecule has 0 radical (unpaired) electrons. The van der Waals surface area contributed by atoms with Crippen LogP contribution in [-0.2, 0) is 9.53 Å². The fourth-order valence-electron chi connectivity index (χ4n) is 1.58. The number of pyridine rings is 1. The van der Waals surface area contributed by atoms with E-state index in [4.69, 9.17) is 21.1 Å². The third-order valence-electron chi connectivity index (χ3n) is 2.45. The number of aromatic nitrogens is 1. The summed E-state index contributed by atoms with van der Waals surface area (Å²) in [5, 5.41) is 0.439. The maximum atomic E-state index is 11.8. The molecule has 5 heteroatoms. The van der Waals surface area contributed by atoms with Crippen molar-refractivity contribution in [3.05, 3.63) is 59.4 Å². The van der Waals surface area contributed by atoms with Crippen molar-refractivity contribution in [1.29, 1.82) is 0 Å². The molecule has 1 aromatic heterocycles. The molecule has 0 N–H and O–H groups in total. The highest BCUT2D eigenvalue weighted by molar-refractivity contribution is 6.30. The number of hydrogen-bond donors (Lipinski definition) is 0. The summed E-state index contributed by atoms with van der Waals surface area (Å²) < 4.78 is 10.4. The molecule has 1 heterocycles. The first-order valence-electron chi connectivity index (χ1n) is 5.60. The van der Waals surface area contributed by atoms with Gasteiger partial charge in [0.2, 0.25) is 6.10 Å². The summed E-state index contributed by atoms with van der Waals surface area (Å²) in [5.74, 6) is -0.0714. The molecule has 1 unspecified atom stereocenters. The molecule has 19 heavy (non-hydrogen) atoms. The predicted molar refractivity (Wildman–Crippen MR) is 71.1 cm³/mol. The van der Waals surface area contributed by atoms with Gasteiger partial charge in [-0.2, -0.15) is 0 Å². The van der Waals surface area contributed by atoms with E-state index >= 15 is 0 Å². The van der Waals surface area contributed by atoms with Gasteiger partial charge in [-0.1, -0.05) is 41.9 Å². The molecular formula is C14H12ClNO3. The van der Waals surface area contributed by atoms with Crippen LogP contribution in [-0.4, -0.2) is 18.1 Å². The molecule has 2 aromatic rings. The van der Waals surface area contributed by atoms with E-state index in [2.05, 4.69) is 4.98 Å². The van der Waals surface area contributed by atoms with Gasteiger partial charge in [-0.25, -0.2) is 4.79 Å². The lowest BCUT2D eigenvalue weighted by atomic mass is 10.1. The molecule has 0 saturated heterocycles. The van der Waals surface area contributed by atoms with E-state index in [1.165, 1.54) is 19.5 Å². The van der Waals surface area contributed by atoms with E-state index in [1.807, 2.05) is 18.2 Å². The van der Waals surface area contributed by atoms with Gasteiger partial charge in [-0.05, 0) is 0 Å². The fourth-order valence-corrected chi connectivity index (χ4v) is 1.74. The highest BCUT2D eigenvalue weighted by atomic mass is 35.5. The quantitative estimate of drug-likeness (QED) is 0.806. The molecule has 2 rings (SSSR count). The zero-order valence-electron chi connectivity index (χ0n) is 10.2. The van der Waals surface area contributed by atoms with Crippen LogP contribution in [0.2, 0.25) is 5.02 Å². The van der Waals surface area contributed by atoms with Crippen LogP contribution in [0.3, 0.4) is 0 Å². The number of carbonyl (C=O) groups is 1. The second-order valence-corrected chi connectivity index (χ2v) is 4.21. The van der Waals surface area contributed by atoms with Gasteiger partial charge >= 0.3 is 5.97 Å². The average Bonchev–Trinajstić information content (AvgIpc) is 2.45.